The van der Waals surface area contributed by atoms with Crippen molar-refractivity contribution in [2.45, 2.75) is 19.0 Å². The highest BCUT2D eigenvalue weighted by Crippen LogP contribution is 2.34. The molecule has 1 heterocycles. The monoisotopic (exact) mass is 344 g/mol. The van der Waals surface area contributed by atoms with Gasteiger partial charge in [0.25, 0.3) is 5.91 Å². The molecule has 0 aliphatic carbocycles. The van der Waals surface area contributed by atoms with Crippen LogP contribution in [0.3, 0.4) is 0 Å². The van der Waals surface area contributed by atoms with Crippen LogP contribution in [0.25, 0.3) is 0 Å². The molecule has 1 aliphatic heterocycles. The van der Waals surface area contributed by atoms with Crippen LogP contribution in [-0.4, -0.2) is 34.6 Å². The summed E-state index contributed by atoms with van der Waals surface area (Å²) in [5.41, 5.74) is 6.33. The number of para-hydroxylation sites is 1. The van der Waals surface area contributed by atoms with Crippen LogP contribution in [0.2, 0.25) is 0 Å². The maximum atomic E-state index is 12.9. The van der Waals surface area contributed by atoms with Crippen molar-refractivity contribution in [3.05, 3.63) is 29.8 Å². The fraction of sp³-hybridized carbons (Fsp3) is 0.357. The summed E-state index contributed by atoms with van der Waals surface area (Å²) in [4.78, 5) is 13.5. The van der Waals surface area contributed by atoms with E-state index in [2.05, 4.69) is 10.5 Å². The van der Waals surface area contributed by atoms with Gasteiger partial charge in [0.05, 0.1) is 11.3 Å². The number of thiocarbonyl (C=S) groups is 1. The zero-order valence-electron chi connectivity index (χ0n) is 12.1. The van der Waals surface area contributed by atoms with Crippen molar-refractivity contribution in [1.82, 2.24) is 4.90 Å². The van der Waals surface area contributed by atoms with E-state index >= 15 is 0 Å². The lowest BCUT2D eigenvalue weighted by atomic mass is 10.2. The Hall–Kier alpha value is -2.16. The van der Waals surface area contributed by atoms with Crippen LogP contribution >= 0.6 is 12.2 Å². The molecule has 1 fully saturated rings. The van der Waals surface area contributed by atoms with Gasteiger partial charge in [-0.1, -0.05) is 24.4 Å². The highest BCUT2D eigenvalue weighted by molar-refractivity contribution is 7.82. The van der Waals surface area contributed by atoms with Gasteiger partial charge in [0, 0.05) is 13.1 Å². The Morgan fingerprint density at radius 3 is 2.43 bits per heavy atom. The molecule has 1 aromatic rings. The van der Waals surface area contributed by atoms with Crippen LogP contribution in [0.4, 0.5) is 18.9 Å². The Morgan fingerprint density at radius 1 is 1.26 bits per heavy atom. The summed E-state index contributed by atoms with van der Waals surface area (Å²) in [5.74, 6) is -0.480. The van der Waals surface area contributed by atoms with E-state index in [4.69, 9.17) is 18.0 Å². The van der Waals surface area contributed by atoms with Crippen molar-refractivity contribution in [3.8, 4) is 0 Å². The SMILES string of the molecule is NC(=S)C(=NNc1ccccc1C(F)(F)F)C(=O)N1CCCC1. The first kappa shape index (κ1) is 17.2. The smallest absolute Gasteiger partial charge is 0.388 e. The molecule has 0 bridgehead atoms. The highest BCUT2D eigenvalue weighted by Gasteiger charge is 2.33. The van der Waals surface area contributed by atoms with Crippen molar-refractivity contribution >= 4 is 34.5 Å². The van der Waals surface area contributed by atoms with E-state index in [0.717, 1.165) is 18.9 Å². The molecule has 5 nitrogen and oxygen atoms in total. The second kappa shape index (κ2) is 6.95. The molecule has 23 heavy (non-hydrogen) atoms. The predicted octanol–water partition coefficient (Wildman–Crippen LogP) is 2.38. The molecule has 0 spiro atoms. The van der Waals surface area contributed by atoms with E-state index in [1.54, 1.807) is 0 Å². The second-order valence-electron chi connectivity index (χ2n) is 4.98. The molecule has 3 N–H and O–H groups in total. The maximum absolute atomic E-state index is 12.9. The number of nitrogens with one attached hydrogen (secondary N) is 1. The number of hydrogen-bond acceptors (Lipinski definition) is 4. The molecule has 0 radical (unpaired) electrons. The molecule has 1 aromatic carbocycles. The number of benzene rings is 1. The van der Waals surface area contributed by atoms with Gasteiger partial charge in [-0.15, -0.1) is 0 Å². The summed E-state index contributed by atoms with van der Waals surface area (Å²) in [6.07, 6.45) is -2.82. The fourth-order valence-electron chi connectivity index (χ4n) is 2.22. The summed E-state index contributed by atoms with van der Waals surface area (Å²) in [6, 6.07) is 4.82. The first-order valence-corrected chi connectivity index (χ1v) is 7.30. The Bertz CT molecular complexity index is 639. The minimum atomic E-state index is -4.54. The molecule has 0 aromatic heterocycles. The number of nitrogens with zero attached hydrogens (tertiary/aromatic N) is 2. The van der Waals surface area contributed by atoms with Crippen LogP contribution in [0.15, 0.2) is 29.4 Å². The molecule has 0 unspecified atom stereocenters. The third-order valence-electron chi connectivity index (χ3n) is 3.35. The first-order chi connectivity index (χ1) is 10.8. The highest BCUT2D eigenvalue weighted by atomic mass is 32.1. The number of carbonyl (C=O) groups excluding carboxylic acids is 1. The Labute approximate surface area is 136 Å². The van der Waals surface area contributed by atoms with Crippen molar-refractivity contribution < 1.29 is 18.0 Å². The van der Waals surface area contributed by atoms with Gasteiger partial charge < -0.3 is 10.6 Å². The van der Waals surface area contributed by atoms with Gasteiger partial charge in [0.15, 0.2) is 5.71 Å². The second-order valence-corrected chi connectivity index (χ2v) is 5.42. The number of anilines is 1. The molecule has 9 heteroatoms. The van der Waals surface area contributed by atoms with Gasteiger partial charge in [-0.25, -0.2) is 0 Å². The normalized spacial score (nSPS) is 15.6. The van der Waals surface area contributed by atoms with Crippen LogP contribution in [-0.2, 0) is 11.0 Å². The topological polar surface area (TPSA) is 70.7 Å². The van der Waals surface area contributed by atoms with E-state index in [0.29, 0.717) is 13.1 Å². The van der Waals surface area contributed by atoms with Crippen LogP contribution in [0.1, 0.15) is 18.4 Å². The number of carbonyl (C=O) groups is 1. The minimum Gasteiger partial charge on any atom is -0.388 e. The fourth-order valence-corrected chi connectivity index (χ4v) is 2.36. The van der Waals surface area contributed by atoms with E-state index in [-0.39, 0.29) is 16.4 Å². The third-order valence-corrected chi connectivity index (χ3v) is 3.54. The third kappa shape index (κ3) is 4.19. The van der Waals surface area contributed by atoms with E-state index < -0.39 is 17.6 Å². The number of hydrogen-bond donors (Lipinski definition) is 2. The average molecular weight is 344 g/mol. The zero-order valence-corrected chi connectivity index (χ0v) is 12.9. The van der Waals surface area contributed by atoms with E-state index in [9.17, 15) is 18.0 Å². The Morgan fingerprint density at radius 2 is 1.87 bits per heavy atom. The molecular weight excluding hydrogens is 329 g/mol. The number of nitrogens with two attached hydrogens (primary N) is 1. The molecular formula is C14H15F3N4OS. The number of rotatable bonds is 4. The molecule has 0 saturated carbocycles. The quantitative estimate of drug-likeness (QED) is 0.500. The lowest BCUT2D eigenvalue weighted by molar-refractivity contribution is -0.137. The summed E-state index contributed by atoms with van der Waals surface area (Å²) in [5, 5.41) is 3.72. The van der Waals surface area contributed by atoms with Crippen molar-refractivity contribution in [3.63, 3.8) is 0 Å². The lowest BCUT2D eigenvalue weighted by Gasteiger charge is -2.16. The van der Waals surface area contributed by atoms with Crippen molar-refractivity contribution in [1.29, 1.82) is 0 Å². The number of hydrazone groups is 1. The molecule has 1 amide bonds. The number of amides is 1. The number of halogens is 3. The molecule has 2 rings (SSSR count). The molecule has 0 atom stereocenters. The van der Waals surface area contributed by atoms with Crippen LogP contribution in [0.5, 0.6) is 0 Å². The number of likely N-dealkylation sites (tertiary alicyclic amines) is 1. The lowest BCUT2D eigenvalue weighted by Crippen LogP contribution is -2.40. The van der Waals surface area contributed by atoms with Crippen molar-refractivity contribution in [2.24, 2.45) is 10.8 Å². The van der Waals surface area contributed by atoms with E-state index in [1.165, 1.54) is 23.1 Å². The summed E-state index contributed by atoms with van der Waals surface area (Å²) in [6.45, 7) is 1.11. The minimum absolute atomic E-state index is 0.251. The Balaban J connectivity index is 2.25. The Kier molecular flexibility index (Phi) is 5.19. The van der Waals surface area contributed by atoms with Gasteiger partial charge in [-0.05, 0) is 25.0 Å². The largest absolute Gasteiger partial charge is 0.418 e. The maximum Gasteiger partial charge on any atom is 0.418 e. The summed E-state index contributed by atoms with van der Waals surface area (Å²) >= 11 is 4.79. The van der Waals surface area contributed by atoms with Gasteiger partial charge in [-0.3, -0.25) is 10.2 Å². The summed E-state index contributed by atoms with van der Waals surface area (Å²) < 4.78 is 38.8. The summed E-state index contributed by atoms with van der Waals surface area (Å²) in [7, 11) is 0. The van der Waals surface area contributed by atoms with Gasteiger partial charge in [0.2, 0.25) is 0 Å². The predicted molar refractivity (Wildman–Crippen MR) is 85.1 cm³/mol. The standard InChI is InChI=1S/C14H15F3N4OS/c15-14(16,17)9-5-1-2-6-10(9)19-20-11(12(18)23)13(22)21-7-3-4-8-21/h1-2,5-6,19H,3-4,7-8H2,(H2,18,23). The van der Waals surface area contributed by atoms with Crippen LogP contribution < -0.4 is 11.2 Å². The average Bonchev–Trinajstić information content (AvgIpc) is 3.00. The van der Waals surface area contributed by atoms with Gasteiger partial charge >= 0.3 is 6.18 Å². The van der Waals surface area contributed by atoms with Gasteiger partial charge in [0.1, 0.15) is 4.99 Å². The van der Waals surface area contributed by atoms with Gasteiger partial charge in [-0.2, -0.15) is 18.3 Å². The molecule has 1 saturated heterocycles. The molecule has 124 valence electrons. The molecule has 1 aliphatic rings. The number of alkyl halides is 3. The zero-order chi connectivity index (χ0) is 17.0. The first-order valence-electron chi connectivity index (χ1n) is 6.89. The van der Waals surface area contributed by atoms with Crippen LogP contribution in [0, 0.1) is 0 Å². The van der Waals surface area contributed by atoms with Crippen molar-refractivity contribution in [2.75, 3.05) is 18.5 Å². The van der Waals surface area contributed by atoms with E-state index in [1.807, 2.05) is 0 Å².